The molecule has 0 spiro atoms. The van der Waals surface area contributed by atoms with Crippen molar-refractivity contribution in [1.29, 1.82) is 0 Å². The summed E-state index contributed by atoms with van der Waals surface area (Å²) in [4.78, 5) is 24.1. The van der Waals surface area contributed by atoms with Gasteiger partial charge in [0.05, 0.1) is 37.6 Å². The van der Waals surface area contributed by atoms with E-state index in [0.29, 0.717) is 27.5 Å². The van der Waals surface area contributed by atoms with Gasteiger partial charge in [-0.05, 0) is 57.4 Å². The van der Waals surface area contributed by atoms with E-state index in [4.69, 9.17) is 28.2 Å². The predicted molar refractivity (Wildman–Crippen MR) is 162 cm³/mol. The number of hydrogen-bond donors (Lipinski definition) is 2. The van der Waals surface area contributed by atoms with Crippen molar-refractivity contribution < 1.29 is 4.79 Å². The number of nitrogens with one attached hydrogen (secondary N) is 2. The Labute approximate surface area is 246 Å². The zero-order chi connectivity index (χ0) is 26.6. The zero-order valence-electron chi connectivity index (χ0n) is 21.5. The molecule has 3 aromatic rings. The van der Waals surface area contributed by atoms with E-state index in [-0.39, 0.29) is 11.4 Å². The molecule has 2 heterocycles. The molecule has 0 saturated heterocycles. The van der Waals surface area contributed by atoms with E-state index in [9.17, 15) is 4.79 Å². The first-order chi connectivity index (χ1) is 17.6. The Morgan fingerprint density at radius 3 is 2.57 bits per heavy atom. The van der Waals surface area contributed by atoms with E-state index in [1.54, 1.807) is 23.1 Å². The summed E-state index contributed by atoms with van der Waals surface area (Å²) in [7, 11) is 0. The molecular formula is C26H32Cl2N4OS4. The van der Waals surface area contributed by atoms with Gasteiger partial charge in [0.15, 0.2) is 5.01 Å². The van der Waals surface area contributed by atoms with Gasteiger partial charge in [-0.25, -0.2) is 9.97 Å². The van der Waals surface area contributed by atoms with Crippen LogP contribution in [0.5, 0.6) is 0 Å². The summed E-state index contributed by atoms with van der Waals surface area (Å²) in [5.74, 6) is 0.386. The maximum absolute atomic E-state index is 13.1. The standard InChI is InChI=1S/C26H32Cl2N4OS4/c1-26(2,3)32-37-18-11-10-16(21(27)22(18)28)23-17(12-15-8-6-5-7-9-15)31-25(36-23)24(33)30-13-19-29-14-20(34-4)35-19/h10-11,14-15,32H,5-9,12-13H2,1-4H3,(H,30,33). The van der Waals surface area contributed by atoms with Crippen LogP contribution in [-0.4, -0.2) is 27.7 Å². The topological polar surface area (TPSA) is 66.9 Å². The molecule has 0 atom stereocenters. The summed E-state index contributed by atoms with van der Waals surface area (Å²) in [6.45, 7) is 6.68. The van der Waals surface area contributed by atoms with Gasteiger partial charge >= 0.3 is 0 Å². The normalized spacial score (nSPS) is 14.8. The van der Waals surface area contributed by atoms with Gasteiger partial charge in [0, 0.05) is 16.0 Å². The first-order valence-electron chi connectivity index (χ1n) is 12.3. The van der Waals surface area contributed by atoms with Crippen LogP contribution in [0.15, 0.2) is 27.4 Å². The molecule has 1 aliphatic carbocycles. The second kappa shape index (κ2) is 13.0. The molecule has 0 unspecified atom stereocenters. The van der Waals surface area contributed by atoms with Crippen LogP contribution in [0.25, 0.3) is 10.4 Å². The Balaban J connectivity index is 1.60. The highest BCUT2D eigenvalue weighted by molar-refractivity contribution is 8.00. The van der Waals surface area contributed by atoms with E-state index in [1.807, 2.05) is 24.6 Å². The van der Waals surface area contributed by atoms with Crippen molar-refractivity contribution in [2.75, 3.05) is 6.26 Å². The summed E-state index contributed by atoms with van der Waals surface area (Å²) in [6.07, 6.45) is 10.9. The Morgan fingerprint density at radius 1 is 1.14 bits per heavy atom. The highest BCUT2D eigenvalue weighted by Crippen LogP contribution is 2.43. The molecule has 1 amide bonds. The van der Waals surface area contributed by atoms with Gasteiger partial charge in [-0.2, -0.15) is 0 Å². The van der Waals surface area contributed by atoms with Crippen LogP contribution in [-0.2, 0) is 13.0 Å². The molecule has 0 bridgehead atoms. The minimum Gasteiger partial charge on any atom is -0.343 e. The van der Waals surface area contributed by atoms with Gasteiger partial charge in [0.1, 0.15) is 5.01 Å². The van der Waals surface area contributed by atoms with Gasteiger partial charge in [-0.1, -0.05) is 61.4 Å². The summed E-state index contributed by atoms with van der Waals surface area (Å²) in [5, 5.41) is 5.32. The highest BCUT2D eigenvalue weighted by atomic mass is 35.5. The van der Waals surface area contributed by atoms with Gasteiger partial charge in [-0.15, -0.1) is 34.4 Å². The van der Waals surface area contributed by atoms with Crippen LogP contribution in [0, 0.1) is 5.92 Å². The fourth-order valence-corrected chi connectivity index (χ4v) is 7.96. The van der Waals surface area contributed by atoms with E-state index in [1.165, 1.54) is 55.4 Å². The van der Waals surface area contributed by atoms with Crippen molar-refractivity contribution in [1.82, 2.24) is 20.0 Å². The Hall–Kier alpha value is -0.810. The number of amides is 1. The SMILES string of the molecule is CSc1cnc(CNC(=O)c2nc(CC3CCCCC3)c(-c3ccc(SNC(C)(C)C)c(Cl)c3Cl)s2)s1. The minimum atomic E-state index is -0.189. The van der Waals surface area contributed by atoms with Crippen LogP contribution < -0.4 is 10.0 Å². The fraction of sp³-hybridized carbons (Fsp3) is 0.500. The van der Waals surface area contributed by atoms with E-state index < -0.39 is 0 Å². The van der Waals surface area contributed by atoms with Crippen LogP contribution in [0.1, 0.15) is 73.4 Å². The average molecular weight is 616 g/mol. The number of thiazole rings is 2. The maximum Gasteiger partial charge on any atom is 0.280 e. The van der Waals surface area contributed by atoms with Crippen molar-refractivity contribution >= 4 is 75.5 Å². The number of aromatic nitrogens is 2. The van der Waals surface area contributed by atoms with E-state index in [2.05, 4.69) is 35.8 Å². The number of nitrogens with zero attached hydrogens (tertiary/aromatic N) is 2. The highest BCUT2D eigenvalue weighted by Gasteiger charge is 2.25. The first kappa shape index (κ1) is 29.2. The van der Waals surface area contributed by atoms with Crippen molar-refractivity contribution in [2.24, 2.45) is 5.92 Å². The molecule has 2 N–H and O–H groups in total. The summed E-state index contributed by atoms with van der Waals surface area (Å²) >= 11 is 19.7. The number of halogens is 2. The van der Waals surface area contributed by atoms with Gasteiger partial charge in [-0.3, -0.25) is 9.52 Å². The lowest BCUT2D eigenvalue weighted by atomic mass is 9.85. The van der Waals surface area contributed by atoms with E-state index >= 15 is 0 Å². The minimum absolute atomic E-state index is 0.0676. The number of carbonyl (C=O) groups is 1. The average Bonchev–Trinajstić information content (AvgIpc) is 3.51. The zero-order valence-corrected chi connectivity index (χ0v) is 26.2. The molecule has 200 valence electrons. The van der Waals surface area contributed by atoms with Crippen molar-refractivity contribution in [2.45, 2.75) is 80.5 Å². The summed E-state index contributed by atoms with van der Waals surface area (Å²) < 4.78 is 4.51. The van der Waals surface area contributed by atoms with Crippen molar-refractivity contribution in [3.8, 4) is 10.4 Å². The predicted octanol–water partition coefficient (Wildman–Crippen LogP) is 8.74. The molecule has 0 radical (unpaired) electrons. The van der Waals surface area contributed by atoms with Crippen LogP contribution in [0.3, 0.4) is 0 Å². The molecule has 37 heavy (non-hydrogen) atoms. The number of rotatable bonds is 9. The van der Waals surface area contributed by atoms with Crippen molar-refractivity contribution in [3.05, 3.63) is 44.1 Å². The van der Waals surface area contributed by atoms with Gasteiger partial charge in [0.2, 0.25) is 0 Å². The second-order valence-corrected chi connectivity index (χ2v) is 15.0. The molecule has 11 heteroatoms. The molecule has 1 saturated carbocycles. The molecule has 0 aliphatic heterocycles. The third-order valence-corrected chi connectivity index (χ3v) is 11.4. The lowest BCUT2D eigenvalue weighted by Gasteiger charge is -2.21. The molecule has 2 aromatic heterocycles. The number of hydrogen-bond acceptors (Lipinski definition) is 8. The first-order valence-corrected chi connectivity index (χ1v) is 16.8. The summed E-state index contributed by atoms with van der Waals surface area (Å²) in [5.41, 5.74) is 1.70. The smallest absolute Gasteiger partial charge is 0.280 e. The Bertz CT molecular complexity index is 1230. The monoisotopic (exact) mass is 614 g/mol. The number of carbonyl (C=O) groups excluding carboxylic acids is 1. The fourth-order valence-electron chi connectivity index (χ4n) is 4.16. The lowest BCUT2D eigenvalue weighted by molar-refractivity contribution is 0.0950. The molecular weight excluding hydrogens is 583 g/mol. The lowest BCUT2D eigenvalue weighted by Crippen LogP contribution is -2.29. The number of thioether (sulfide) groups is 1. The molecule has 1 fully saturated rings. The maximum atomic E-state index is 13.1. The molecule has 1 aliphatic rings. The third-order valence-electron chi connectivity index (χ3n) is 5.99. The molecule has 5 nitrogen and oxygen atoms in total. The molecule has 1 aromatic carbocycles. The summed E-state index contributed by atoms with van der Waals surface area (Å²) in [6, 6.07) is 3.99. The molecule has 4 rings (SSSR count). The van der Waals surface area contributed by atoms with Crippen molar-refractivity contribution in [3.63, 3.8) is 0 Å². The Kier molecular flexibility index (Phi) is 10.3. The van der Waals surface area contributed by atoms with Gasteiger partial charge < -0.3 is 5.32 Å². The third kappa shape index (κ3) is 7.87. The van der Waals surface area contributed by atoms with Crippen LogP contribution in [0.2, 0.25) is 10.0 Å². The number of benzene rings is 1. The van der Waals surface area contributed by atoms with Gasteiger partial charge in [0.25, 0.3) is 5.91 Å². The largest absolute Gasteiger partial charge is 0.343 e. The van der Waals surface area contributed by atoms with E-state index in [0.717, 1.165) is 36.7 Å². The van der Waals surface area contributed by atoms with Crippen LogP contribution in [0.4, 0.5) is 0 Å². The van der Waals surface area contributed by atoms with Crippen LogP contribution >= 0.6 is 69.6 Å². The quantitative estimate of drug-likeness (QED) is 0.185. The Morgan fingerprint density at radius 2 is 1.89 bits per heavy atom. The second-order valence-electron chi connectivity index (χ2n) is 10.2.